The van der Waals surface area contributed by atoms with Gasteiger partial charge in [0, 0.05) is 0 Å². The van der Waals surface area contributed by atoms with Gasteiger partial charge in [0.05, 0.1) is 0 Å². The standard InChI is InChI=1S/3C12H17.Sb/c3*1-9(2)11-6-5-7-12(8-11)10(3)4;/h3*5-7,9-10H,1-4H3;/q;;;+1. The van der Waals surface area contributed by atoms with E-state index in [9.17, 15) is 0 Å². The van der Waals surface area contributed by atoms with Gasteiger partial charge in [-0.25, -0.2) is 0 Å². The topological polar surface area (TPSA) is 0 Å². The van der Waals surface area contributed by atoms with E-state index >= 15 is 0 Å². The van der Waals surface area contributed by atoms with Crippen LogP contribution in [0.4, 0.5) is 0 Å². The number of hydrogen-bond donors (Lipinski definition) is 0. The predicted molar refractivity (Wildman–Crippen MR) is 169 cm³/mol. The first kappa shape index (κ1) is 30.0. The first-order valence-corrected chi connectivity index (χ1v) is 18.4. The second-order valence-electron chi connectivity index (χ2n) is 12.6. The summed E-state index contributed by atoms with van der Waals surface area (Å²) in [6.07, 6.45) is 0. The Morgan fingerprint density at radius 3 is 0.622 bits per heavy atom. The van der Waals surface area contributed by atoms with Crippen LogP contribution in [0, 0.1) is 0 Å². The van der Waals surface area contributed by atoms with Crippen LogP contribution in [-0.4, -0.2) is 20.2 Å². The van der Waals surface area contributed by atoms with Crippen molar-refractivity contribution in [2.24, 2.45) is 0 Å². The molecule has 0 nitrogen and oxygen atoms in total. The molecule has 0 spiro atoms. The Balaban J connectivity index is 2.69. The van der Waals surface area contributed by atoms with E-state index in [-0.39, 0.29) is 0 Å². The van der Waals surface area contributed by atoms with Gasteiger partial charge in [-0.2, -0.15) is 0 Å². The molecule has 3 aromatic rings. The van der Waals surface area contributed by atoms with Gasteiger partial charge in [-0.05, 0) is 0 Å². The Morgan fingerprint density at radius 1 is 0.324 bits per heavy atom. The summed E-state index contributed by atoms with van der Waals surface area (Å²) in [5, 5.41) is 0. The van der Waals surface area contributed by atoms with Crippen LogP contribution in [0.15, 0.2) is 54.6 Å². The van der Waals surface area contributed by atoms with E-state index in [1.807, 2.05) is 0 Å². The summed E-state index contributed by atoms with van der Waals surface area (Å²) in [6, 6.07) is 21.7. The second kappa shape index (κ2) is 12.6. The zero-order valence-electron chi connectivity index (χ0n) is 25.6. The quantitative estimate of drug-likeness (QED) is 0.214. The molecule has 0 bridgehead atoms. The molecule has 0 aromatic heterocycles. The van der Waals surface area contributed by atoms with Crippen LogP contribution in [0.25, 0.3) is 0 Å². The van der Waals surface area contributed by atoms with Gasteiger partial charge in [-0.15, -0.1) is 0 Å². The zero-order valence-corrected chi connectivity index (χ0v) is 28.2. The van der Waals surface area contributed by atoms with Crippen LogP contribution in [0.2, 0.25) is 0 Å². The van der Waals surface area contributed by atoms with Crippen LogP contribution >= 0.6 is 0 Å². The van der Waals surface area contributed by atoms with E-state index < -0.39 is 20.2 Å². The maximum absolute atomic E-state index is 2.55. The first-order chi connectivity index (χ1) is 17.4. The Labute approximate surface area is 236 Å². The minimum absolute atomic E-state index is 0.503. The van der Waals surface area contributed by atoms with Crippen LogP contribution in [0.5, 0.6) is 0 Å². The summed E-state index contributed by atoms with van der Waals surface area (Å²) in [7, 11) is 0. The molecule has 1 radical (unpaired) electrons. The van der Waals surface area contributed by atoms with E-state index in [1.165, 1.54) is 0 Å². The molecule has 3 aromatic carbocycles. The molecule has 37 heavy (non-hydrogen) atoms. The summed E-state index contributed by atoms with van der Waals surface area (Å²) in [5.74, 6) is 3.02. The van der Waals surface area contributed by atoms with Crippen molar-refractivity contribution in [1.29, 1.82) is 0 Å². The number of benzene rings is 3. The number of hydrogen-bond acceptors (Lipinski definition) is 0. The Bertz CT molecular complexity index is 964. The van der Waals surface area contributed by atoms with E-state index in [4.69, 9.17) is 0 Å². The van der Waals surface area contributed by atoms with Gasteiger partial charge in [-0.1, -0.05) is 0 Å². The Morgan fingerprint density at radius 2 is 0.486 bits per heavy atom. The SMILES string of the molecule is CC(C)c1cccc(C(C)C)[c]1[Sb+]([c]1c(C(C)C)cccc1C(C)C)[c]1c(C(C)C)cccc1C(C)C. The Hall–Kier alpha value is -1.52. The molecule has 0 aliphatic heterocycles. The van der Waals surface area contributed by atoms with Crippen LogP contribution in [0.3, 0.4) is 0 Å². The van der Waals surface area contributed by atoms with Gasteiger partial charge in [0.25, 0.3) is 0 Å². The fraction of sp³-hybridized carbons (Fsp3) is 0.500. The van der Waals surface area contributed by atoms with Crippen molar-refractivity contribution in [2.45, 2.75) is 119 Å². The molecule has 1 heteroatoms. The molecular weight excluding hydrogens is 554 g/mol. The summed E-state index contributed by atoms with van der Waals surface area (Å²) in [6.45, 7) is 28.8. The summed E-state index contributed by atoms with van der Waals surface area (Å²) < 4.78 is 5.21. The van der Waals surface area contributed by atoms with Gasteiger partial charge in [0.15, 0.2) is 0 Å². The van der Waals surface area contributed by atoms with Gasteiger partial charge in [-0.3, -0.25) is 0 Å². The fourth-order valence-corrected chi connectivity index (χ4v) is 17.7. The third-order valence-corrected chi connectivity index (χ3v) is 15.9. The summed E-state index contributed by atoms with van der Waals surface area (Å²) in [5.41, 5.74) is 9.48. The second-order valence-corrected chi connectivity index (χ2v) is 18.4. The van der Waals surface area contributed by atoms with E-state index in [0.717, 1.165) is 0 Å². The van der Waals surface area contributed by atoms with Gasteiger partial charge in [0.2, 0.25) is 0 Å². The molecule has 0 atom stereocenters. The third-order valence-electron chi connectivity index (χ3n) is 7.70. The third kappa shape index (κ3) is 6.22. The van der Waals surface area contributed by atoms with Crippen molar-refractivity contribution in [1.82, 2.24) is 0 Å². The van der Waals surface area contributed by atoms with Gasteiger partial charge < -0.3 is 0 Å². The average Bonchev–Trinajstić information content (AvgIpc) is 2.83. The fourth-order valence-electron chi connectivity index (χ4n) is 5.65. The first-order valence-electron chi connectivity index (χ1n) is 14.6. The minimum atomic E-state index is -2.55. The molecule has 0 fully saturated rings. The van der Waals surface area contributed by atoms with Gasteiger partial charge in [0.1, 0.15) is 0 Å². The van der Waals surface area contributed by atoms with Crippen molar-refractivity contribution in [2.75, 3.05) is 0 Å². The molecule has 0 saturated carbocycles. The maximum atomic E-state index is 2.45. The molecule has 0 aliphatic carbocycles. The molecule has 0 unspecified atom stereocenters. The molecule has 3 rings (SSSR count). The molecule has 0 aliphatic rings. The summed E-state index contributed by atoms with van der Waals surface area (Å²) >= 11 is -2.55. The molecule has 0 N–H and O–H groups in total. The average molecular weight is 606 g/mol. The monoisotopic (exact) mass is 604 g/mol. The van der Waals surface area contributed by atoms with Crippen molar-refractivity contribution >= 4 is 30.7 Å². The summed E-state index contributed by atoms with van der Waals surface area (Å²) in [4.78, 5) is 0. The van der Waals surface area contributed by atoms with Crippen LogP contribution in [0.1, 0.15) is 152 Å². The molecule has 0 amide bonds. The van der Waals surface area contributed by atoms with Crippen molar-refractivity contribution in [3.63, 3.8) is 0 Å². The van der Waals surface area contributed by atoms with Crippen LogP contribution in [-0.2, 0) is 0 Å². The van der Waals surface area contributed by atoms with E-state index in [2.05, 4.69) is 138 Å². The number of rotatable bonds is 9. The van der Waals surface area contributed by atoms with Crippen LogP contribution < -0.4 is 10.5 Å². The Kier molecular flexibility index (Phi) is 10.2. The predicted octanol–water partition coefficient (Wildman–Crippen LogP) is 8.94. The van der Waals surface area contributed by atoms with Crippen molar-refractivity contribution in [3.05, 3.63) is 88.0 Å². The molecule has 0 saturated heterocycles. The molecule has 0 heterocycles. The zero-order chi connectivity index (χ0) is 27.6. The van der Waals surface area contributed by atoms with Crippen molar-refractivity contribution < 1.29 is 0 Å². The van der Waals surface area contributed by atoms with E-state index in [0.29, 0.717) is 35.5 Å². The normalized spacial score (nSPS) is 12.4. The van der Waals surface area contributed by atoms with E-state index in [1.54, 1.807) is 43.9 Å². The van der Waals surface area contributed by atoms with Gasteiger partial charge >= 0.3 is 237 Å². The molecular formula is C36H51Sb+. The molecule has 199 valence electrons. The van der Waals surface area contributed by atoms with Crippen molar-refractivity contribution in [3.8, 4) is 0 Å².